The van der Waals surface area contributed by atoms with Gasteiger partial charge in [0.1, 0.15) is 0 Å². The minimum atomic E-state index is 0.255. The van der Waals surface area contributed by atoms with E-state index in [2.05, 4.69) is 34.1 Å². The summed E-state index contributed by atoms with van der Waals surface area (Å²) in [6.07, 6.45) is 7.35. The number of halogens is 1. The number of rotatable bonds is 6. The molecule has 2 nitrogen and oxygen atoms in total. The lowest BCUT2D eigenvalue weighted by Gasteiger charge is -2.14. The standard InChI is InChI=1S/C15H22BrNO/c16-15-9-2-1-5-12(15)11-13(17)6-3-7-14-8-4-10-18-14/h1-2,5,9,13-14H,3-4,6-8,10-11,17H2. The van der Waals surface area contributed by atoms with Crippen LogP contribution in [0.5, 0.6) is 0 Å². The average Bonchev–Trinajstić information content (AvgIpc) is 2.85. The summed E-state index contributed by atoms with van der Waals surface area (Å²) in [5, 5.41) is 0. The van der Waals surface area contributed by atoms with Crippen LogP contribution in [0.15, 0.2) is 28.7 Å². The van der Waals surface area contributed by atoms with Crippen LogP contribution in [0.1, 0.15) is 37.7 Å². The van der Waals surface area contributed by atoms with Gasteiger partial charge in [-0.1, -0.05) is 34.1 Å². The molecule has 0 aliphatic carbocycles. The third-order valence-electron chi connectivity index (χ3n) is 3.56. The summed E-state index contributed by atoms with van der Waals surface area (Å²) < 4.78 is 6.79. The van der Waals surface area contributed by atoms with E-state index in [4.69, 9.17) is 10.5 Å². The highest BCUT2D eigenvalue weighted by atomic mass is 79.9. The third kappa shape index (κ3) is 4.38. The molecule has 0 saturated carbocycles. The van der Waals surface area contributed by atoms with Crippen LogP contribution in [0, 0.1) is 0 Å². The predicted molar refractivity (Wildman–Crippen MR) is 78.6 cm³/mol. The van der Waals surface area contributed by atoms with Gasteiger partial charge in [-0.05, 0) is 50.2 Å². The molecule has 0 amide bonds. The number of hydrogen-bond donors (Lipinski definition) is 1. The molecule has 1 aromatic carbocycles. The molecule has 1 aromatic rings. The van der Waals surface area contributed by atoms with Crippen molar-refractivity contribution < 1.29 is 4.74 Å². The van der Waals surface area contributed by atoms with Crippen LogP contribution in [-0.2, 0) is 11.2 Å². The van der Waals surface area contributed by atoms with Crippen molar-refractivity contribution in [2.24, 2.45) is 5.73 Å². The van der Waals surface area contributed by atoms with Crippen molar-refractivity contribution in [2.45, 2.75) is 50.7 Å². The van der Waals surface area contributed by atoms with Crippen LogP contribution in [0.2, 0.25) is 0 Å². The lowest BCUT2D eigenvalue weighted by atomic mass is 10.00. The first-order valence-electron chi connectivity index (χ1n) is 6.86. The van der Waals surface area contributed by atoms with Crippen LogP contribution >= 0.6 is 15.9 Å². The molecular weight excluding hydrogens is 290 g/mol. The van der Waals surface area contributed by atoms with E-state index in [1.165, 1.54) is 35.7 Å². The maximum Gasteiger partial charge on any atom is 0.0576 e. The molecule has 0 aromatic heterocycles. The maximum atomic E-state index is 6.20. The van der Waals surface area contributed by atoms with Gasteiger partial charge in [0.15, 0.2) is 0 Å². The van der Waals surface area contributed by atoms with Gasteiger partial charge < -0.3 is 10.5 Å². The number of hydrogen-bond acceptors (Lipinski definition) is 2. The van der Waals surface area contributed by atoms with Gasteiger partial charge in [-0.3, -0.25) is 0 Å². The lowest BCUT2D eigenvalue weighted by Crippen LogP contribution is -2.23. The van der Waals surface area contributed by atoms with Crippen molar-refractivity contribution >= 4 is 15.9 Å². The summed E-state index contributed by atoms with van der Waals surface area (Å²) >= 11 is 3.57. The number of nitrogens with two attached hydrogens (primary N) is 1. The molecule has 1 fully saturated rings. The van der Waals surface area contributed by atoms with Gasteiger partial charge in [-0.25, -0.2) is 0 Å². The summed E-state index contributed by atoms with van der Waals surface area (Å²) in [6.45, 7) is 0.952. The number of benzene rings is 1. The van der Waals surface area contributed by atoms with E-state index < -0.39 is 0 Å². The van der Waals surface area contributed by atoms with Crippen molar-refractivity contribution in [1.29, 1.82) is 0 Å². The van der Waals surface area contributed by atoms with E-state index in [1.807, 2.05) is 6.07 Å². The molecule has 0 spiro atoms. The molecular formula is C15H22BrNO. The quantitative estimate of drug-likeness (QED) is 0.870. The zero-order valence-corrected chi connectivity index (χ0v) is 12.4. The zero-order chi connectivity index (χ0) is 12.8. The van der Waals surface area contributed by atoms with E-state index in [-0.39, 0.29) is 6.04 Å². The Kier molecular flexibility index (Phi) is 5.67. The summed E-state index contributed by atoms with van der Waals surface area (Å²) in [6, 6.07) is 8.58. The Labute approximate surface area is 118 Å². The molecule has 1 heterocycles. The highest BCUT2D eigenvalue weighted by Crippen LogP contribution is 2.20. The molecule has 2 atom stereocenters. The molecule has 0 radical (unpaired) electrons. The summed E-state index contributed by atoms with van der Waals surface area (Å²) in [7, 11) is 0. The normalized spacial score (nSPS) is 21.1. The third-order valence-corrected chi connectivity index (χ3v) is 4.34. The topological polar surface area (TPSA) is 35.2 Å². The maximum absolute atomic E-state index is 6.20. The van der Waals surface area contributed by atoms with Crippen molar-refractivity contribution in [1.82, 2.24) is 0 Å². The van der Waals surface area contributed by atoms with Crippen LogP contribution in [0.25, 0.3) is 0 Å². The van der Waals surface area contributed by atoms with E-state index in [0.29, 0.717) is 6.10 Å². The second-order valence-electron chi connectivity index (χ2n) is 5.12. The predicted octanol–water partition coefficient (Wildman–Crippen LogP) is 3.67. The van der Waals surface area contributed by atoms with Crippen molar-refractivity contribution in [3.05, 3.63) is 34.3 Å². The fourth-order valence-corrected chi connectivity index (χ4v) is 2.97. The molecule has 3 heteroatoms. The van der Waals surface area contributed by atoms with Gasteiger partial charge in [-0.2, -0.15) is 0 Å². The monoisotopic (exact) mass is 311 g/mol. The van der Waals surface area contributed by atoms with Gasteiger partial charge in [0.05, 0.1) is 6.10 Å². The second kappa shape index (κ2) is 7.27. The first kappa shape index (κ1) is 14.0. The molecule has 1 aliphatic rings. The first-order chi connectivity index (χ1) is 8.75. The Morgan fingerprint density at radius 3 is 2.94 bits per heavy atom. The summed E-state index contributed by atoms with van der Waals surface area (Å²) in [5.41, 5.74) is 7.51. The molecule has 2 rings (SSSR count). The Balaban J connectivity index is 1.68. The zero-order valence-electron chi connectivity index (χ0n) is 10.8. The van der Waals surface area contributed by atoms with Crippen LogP contribution < -0.4 is 5.73 Å². The van der Waals surface area contributed by atoms with Gasteiger partial charge in [0.2, 0.25) is 0 Å². The summed E-state index contributed by atoms with van der Waals surface area (Å²) in [4.78, 5) is 0. The smallest absolute Gasteiger partial charge is 0.0576 e. The molecule has 0 bridgehead atoms. The van der Waals surface area contributed by atoms with Gasteiger partial charge in [0.25, 0.3) is 0 Å². The van der Waals surface area contributed by atoms with Crippen LogP contribution in [-0.4, -0.2) is 18.8 Å². The molecule has 18 heavy (non-hydrogen) atoms. The fraction of sp³-hybridized carbons (Fsp3) is 0.600. The minimum absolute atomic E-state index is 0.255. The molecule has 2 N–H and O–H groups in total. The van der Waals surface area contributed by atoms with Gasteiger partial charge in [-0.15, -0.1) is 0 Å². The largest absolute Gasteiger partial charge is 0.378 e. The lowest BCUT2D eigenvalue weighted by molar-refractivity contribution is 0.101. The Bertz CT molecular complexity index is 363. The molecule has 1 saturated heterocycles. The Morgan fingerprint density at radius 2 is 2.22 bits per heavy atom. The van der Waals surface area contributed by atoms with Gasteiger partial charge in [0, 0.05) is 17.1 Å². The average molecular weight is 312 g/mol. The Morgan fingerprint density at radius 1 is 1.39 bits per heavy atom. The molecule has 2 unspecified atom stereocenters. The van der Waals surface area contributed by atoms with E-state index in [1.54, 1.807) is 0 Å². The Hall–Kier alpha value is -0.380. The highest BCUT2D eigenvalue weighted by molar-refractivity contribution is 9.10. The number of ether oxygens (including phenoxy) is 1. The summed E-state index contributed by atoms with van der Waals surface area (Å²) in [5.74, 6) is 0. The van der Waals surface area contributed by atoms with E-state index >= 15 is 0 Å². The van der Waals surface area contributed by atoms with E-state index in [9.17, 15) is 0 Å². The van der Waals surface area contributed by atoms with Crippen molar-refractivity contribution in [3.8, 4) is 0 Å². The van der Waals surface area contributed by atoms with Gasteiger partial charge >= 0.3 is 0 Å². The van der Waals surface area contributed by atoms with Crippen molar-refractivity contribution in [2.75, 3.05) is 6.61 Å². The van der Waals surface area contributed by atoms with Crippen LogP contribution in [0.4, 0.5) is 0 Å². The second-order valence-corrected chi connectivity index (χ2v) is 5.98. The van der Waals surface area contributed by atoms with E-state index in [0.717, 1.165) is 19.4 Å². The SMILES string of the molecule is NC(CCCC1CCCO1)Cc1ccccc1Br. The van der Waals surface area contributed by atoms with Crippen molar-refractivity contribution in [3.63, 3.8) is 0 Å². The molecule has 100 valence electrons. The molecule has 1 aliphatic heterocycles. The first-order valence-corrected chi connectivity index (χ1v) is 7.65. The van der Waals surface area contributed by atoms with Crippen LogP contribution in [0.3, 0.4) is 0 Å². The highest BCUT2D eigenvalue weighted by Gasteiger charge is 2.15. The minimum Gasteiger partial charge on any atom is -0.378 e. The fourth-order valence-electron chi connectivity index (χ4n) is 2.53.